The van der Waals surface area contributed by atoms with E-state index in [1.807, 2.05) is 6.07 Å². The van der Waals surface area contributed by atoms with E-state index in [4.69, 9.17) is 5.26 Å². The Morgan fingerprint density at radius 2 is 2.06 bits per heavy atom. The molecular formula is C11H6F3N3O. The van der Waals surface area contributed by atoms with Gasteiger partial charge in [0.15, 0.2) is 0 Å². The molecule has 0 N–H and O–H groups in total. The summed E-state index contributed by atoms with van der Waals surface area (Å²) in [6.45, 7) is 0. The molecule has 0 bridgehead atoms. The van der Waals surface area contributed by atoms with Gasteiger partial charge in [-0.3, -0.25) is 4.79 Å². The molecule has 0 radical (unpaired) electrons. The van der Waals surface area contributed by atoms with Crippen LogP contribution in [-0.2, 0) is 13.2 Å². The lowest BCUT2D eigenvalue weighted by Crippen LogP contribution is -2.29. The van der Waals surface area contributed by atoms with Crippen LogP contribution in [0.3, 0.4) is 0 Å². The number of aryl methyl sites for hydroxylation is 1. The summed E-state index contributed by atoms with van der Waals surface area (Å²) in [5.74, 6) is 0. The second kappa shape index (κ2) is 3.84. The van der Waals surface area contributed by atoms with Crippen LogP contribution in [0.4, 0.5) is 13.2 Å². The first-order valence-electron chi connectivity index (χ1n) is 4.82. The van der Waals surface area contributed by atoms with Gasteiger partial charge in [0.05, 0.1) is 22.7 Å². The lowest BCUT2D eigenvalue weighted by Gasteiger charge is -2.10. The number of nitrogens with zero attached hydrogens (tertiary/aromatic N) is 3. The summed E-state index contributed by atoms with van der Waals surface area (Å²) in [6, 6.07) is 5.80. The molecule has 7 heteroatoms. The van der Waals surface area contributed by atoms with Gasteiger partial charge in [-0.05, 0) is 18.2 Å². The van der Waals surface area contributed by atoms with Gasteiger partial charge >= 0.3 is 6.18 Å². The number of rotatable bonds is 0. The first-order chi connectivity index (χ1) is 8.34. The van der Waals surface area contributed by atoms with Crippen molar-refractivity contribution in [2.24, 2.45) is 7.05 Å². The zero-order chi connectivity index (χ0) is 13.5. The van der Waals surface area contributed by atoms with Crippen molar-refractivity contribution in [3.8, 4) is 6.07 Å². The number of aromatic nitrogens is 2. The third-order valence-corrected chi connectivity index (χ3v) is 2.47. The van der Waals surface area contributed by atoms with Crippen LogP contribution in [0.5, 0.6) is 0 Å². The topological polar surface area (TPSA) is 58.7 Å². The number of fused-ring (bicyclic) bond motifs is 1. The monoisotopic (exact) mass is 253 g/mol. The molecule has 1 aromatic heterocycles. The lowest BCUT2D eigenvalue weighted by atomic mass is 10.2. The summed E-state index contributed by atoms with van der Waals surface area (Å²) in [5, 5.41) is 8.70. The zero-order valence-corrected chi connectivity index (χ0v) is 9.12. The van der Waals surface area contributed by atoms with E-state index in [9.17, 15) is 18.0 Å². The average molecular weight is 253 g/mol. The Morgan fingerprint density at radius 1 is 1.39 bits per heavy atom. The van der Waals surface area contributed by atoms with E-state index >= 15 is 0 Å². The maximum Gasteiger partial charge on any atom is 0.438 e. The van der Waals surface area contributed by atoms with Crippen LogP contribution in [0, 0.1) is 11.3 Å². The fourth-order valence-electron chi connectivity index (χ4n) is 1.58. The van der Waals surface area contributed by atoms with E-state index in [0.29, 0.717) is 0 Å². The number of hydrogen-bond donors (Lipinski definition) is 0. The summed E-state index contributed by atoms with van der Waals surface area (Å²) < 4.78 is 38.6. The second-order valence-corrected chi connectivity index (χ2v) is 3.64. The lowest BCUT2D eigenvalue weighted by molar-refractivity contribution is -0.142. The van der Waals surface area contributed by atoms with E-state index in [1.54, 1.807) is 0 Å². The van der Waals surface area contributed by atoms with Crippen LogP contribution >= 0.6 is 0 Å². The Hall–Kier alpha value is -2.36. The minimum atomic E-state index is -4.79. The fourth-order valence-corrected chi connectivity index (χ4v) is 1.58. The van der Waals surface area contributed by atoms with Crippen molar-refractivity contribution >= 4 is 11.0 Å². The van der Waals surface area contributed by atoms with Crippen molar-refractivity contribution in [3.05, 3.63) is 39.8 Å². The molecule has 0 fully saturated rings. The average Bonchev–Trinajstić information content (AvgIpc) is 2.32. The Kier molecular flexibility index (Phi) is 2.58. The number of benzene rings is 1. The van der Waals surface area contributed by atoms with Crippen molar-refractivity contribution in [1.29, 1.82) is 5.26 Å². The predicted octanol–water partition coefficient (Wildman–Crippen LogP) is 1.82. The summed E-state index contributed by atoms with van der Waals surface area (Å²) in [4.78, 5) is 14.8. The van der Waals surface area contributed by atoms with Gasteiger partial charge in [-0.25, -0.2) is 4.98 Å². The molecule has 0 aliphatic rings. The standard InChI is InChI=1S/C11H6F3N3O/c1-17-8-4-6(5-15)2-3-7(8)16-9(10(17)18)11(12,13)14/h2-4H,1H3. The molecule has 0 aliphatic heterocycles. The van der Waals surface area contributed by atoms with Crippen LogP contribution in [0.1, 0.15) is 11.3 Å². The number of alkyl halides is 3. The van der Waals surface area contributed by atoms with Gasteiger partial charge in [-0.1, -0.05) is 0 Å². The van der Waals surface area contributed by atoms with Crippen LogP contribution < -0.4 is 5.56 Å². The molecule has 1 aromatic carbocycles. The molecule has 0 spiro atoms. The van der Waals surface area contributed by atoms with E-state index in [0.717, 1.165) is 4.57 Å². The van der Waals surface area contributed by atoms with Crippen LogP contribution in [0.25, 0.3) is 11.0 Å². The van der Waals surface area contributed by atoms with E-state index in [2.05, 4.69) is 4.98 Å². The molecule has 0 saturated carbocycles. The van der Waals surface area contributed by atoms with Gasteiger partial charge in [0.1, 0.15) is 0 Å². The summed E-state index contributed by atoms with van der Waals surface area (Å²) in [6.07, 6.45) is -4.79. The Labute approximate surface area is 98.9 Å². The van der Waals surface area contributed by atoms with Crippen molar-refractivity contribution in [1.82, 2.24) is 9.55 Å². The highest BCUT2D eigenvalue weighted by molar-refractivity contribution is 5.76. The van der Waals surface area contributed by atoms with Gasteiger partial charge < -0.3 is 4.57 Å². The van der Waals surface area contributed by atoms with Crippen molar-refractivity contribution in [2.75, 3.05) is 0 Å². The predicted molar refractivity (Wildman–Crippen MR) is 56.7 cm³/mol. The first kappa shape index (κ1) is 12.1. The molecule has 0 amide bonds. The smallest absolute Gasteiger partial charge is 0.308 e. The second-order valence-electron chi connectivity index (χ2n) is 3.64. The number of hydrogen-bond acceptors (Lipinski definition) is 3. The summed E-state index contributed by atoms with van der Waals surface area (Å²) in [5.41, 5.74) is -2.23. The van der Waals surface area contributed by atoms with Crippen LogP contribution in [0.15, 0.2) is 23.0 Å². The van der Waals surface area contributed by atoms with Crippen molar-refractivity contribution < 1.29 is 13.2 Å². The minimum absolute atomic E-state index is 0.0171. The third kappa shape index (κ3) is 1.82. The SMILES string of the molecule is Cn1c(=O)c(C(F)(F)F)nc2ccc(C#N)cc21. The maximum absolute atomic E-state index is 12.6. The van der Waals surface area contributed by atoms with E-state index in [-0.39, 0.29) is 16.6 Å². The molecule has 1 heterocycles. The Bertz CT molecular complexity index is 725. The van der Waals surface area contributed by atoms with Gasteiger partial charge in [-0.2, -0.15) is 18.4 Å². The minimum Gasteiger partial charge on any atom is -0.308 e. The normalized spacial score (nSPS) is 11.5. The Morgan fingerprint density at radius 3 is 2.61 bits per heavy atom. The molecule has 2 aromatic rings. The maximum atomic E-state index is 12.6. The van der Waals surface area contributed by atoms with Crippen LogP contribution in [0.2, 0.25) is 0 Å². The van der Waals surface area contributed by atoms with Crippen molar-refractivity contribution in [3.63, 3.8) is 0 Å². The molecule has 92 valence electrons. The van der Waals surface area contributed by atoms with Gasteiger partial charge in [0, 0.05) is 7.05 Å². The Balaban J connectivity index is 2.89. The third-order valence-electron chi connectivity index (χ3n) is 2.47. The number of nitriles is 1. The molecule has 0 atom stereocenters. The fraction of sp³-hybridized carbons (Fsp3) is 0.182. The van der Waals surface area contributed by atoms with Crippen molar-refractivity contribution in [2.45, 2.75) is 6.18 Å². The molecule has 0 saturated heterocycles. The summed E-state index contributed by atoms with van der Waals surface area (Å²) >= 11 is 0. The molecule has 4 nitrogen and oxygen atoms in total. The molecular weight excluding hydrogens is 247 g/mol. The van der Waals surface area contributed by atoms with Gasteiger partial charge in [0.25, 0.3) is 5.56 Å². The van der Waals surface area contributed by atoms with E-state index in [1.165, 1.54) is 25.2 Å². The molecule has 18 heavy (non-hydrogen) atoms. The summed E-state index contributed by atoms with van der Waals surface area (Å²) in [7, 11) is 1.21. The highest BCUT2D eigenvalue weighted by Gasteiger charge is 2.37. The largest absolute Gasteiger partial charge is 0.438 e. The van der Waals surface area contributed by atoms with Gasteiger partial charge in [0.2, 0.25) is 5.69 Å². The van der Waals surface area contributed by atoms with Crippen LogP contribution in [-0.4, -0.2) is 9.55 Å². The first-order valence-corrected chi connectivity index (χ1v) is 4.82. The number of halogens is 3. The molecule has 2 rings (SSSR count). The highest BCUT2D eigenvalue weighted by Crippen LogP contribution is 2.26. The quantitative estimate of drug-likeness (QED) is 0.719. The zero-order valence-electron chi connectivity index (χ0n) is 9.12. The van der Waals surface area contributed by atoms with E-state index < -0.39 is 17.4 Å². The highest BCUT2D eigenvalue weighted by atomic mass is 19.4. The molecule has 0 unspecified atom stereocenters. The molecule has 0 aliphatic carbocycles. The van der Waals surface area contributed by atoms with Gasteiger partial charge in [-0.15, -0.1) is 0 Å².